The Kier molecular flexibility index (Phi) is 5.30. The fourth-order valence-corrected chi connectivity index (χ4v) is 2.65. The van der Waals surface area contributed by atoms with E-state index in [0.29, 0.717) is 10.6 Å². The van der Waals surface area contributed by atoms with Crippen LogP contribution in [0.5, 0.6) is 5.75 Å². The SMILES string of the molecule is O=C(N/N=C/c1ccc(O)cc1)C(=O)Nc1nnc(-c2ccccc2)s1. The van der Waals surface area contributed by atoms with Gasteiger partial charge in [-0.3, -0.25) is 14.9 Å². The highest BCUT2D eigenvalue weighted by Gasteiger charge is 2.16. The smallest absolute Gasteiger partial charge is 0.329 e. The van der Waals surface area contributed by atoms with Gasteiger partial charge in [-0.25, -0.2) is 5.43 Å². The van der Waals surface area contributed by atoms with Crippen LogP contribution in [0.4, 0.5) is 5.13 Å². The predicted octanol–water partition coefficient (Wildman–Crippen LogP) is 2.00. The van der Waals surface area contributed by atoms with Crippen molar-refractivity contribution < 1.29 is 14.7 Å². The van der Waals surface area contributed by atoms with Gasteiger partial charge in [0.1, 0.15) is 10.8 Å². The molecule has 0 saturated heterocycles. The largest absolute Gasteiger partial charge is 0.508 e. The van der Waals surface area contributed by atoms with Gasteiger partial charge in [0.05, 0.1) is 6.21 Å². The molecule has 0 aliphatic rings. The molecular weight excluding hydrogens is 354 g/mol. The van der Waals surface area contributed by atoms with E-state index in [0.717, 1.165) is 16.9 Å². The first kappa shape index (κ1) is 17.2. The predicted molar refractivity (Wildman–Crippen MR) is 97.8 cm³/mol. The monoisotopic (exact) mass is 367 g/mol. The number of phenols is 1. The van der Waals surface area contributed by atoms with Crippen molar-refractivity contribution in [2.75, 3.05) is 5.32 Å². The lowest BCUT2D eigenvalue weighted by atomic mass is 10.2. The highest BCUT2D eigenvalue weighted by molar-refractivity contribution is 7.18. The molecule has 3 aromatic rings. The number of aromatic hydroxyl groups is 1. The lowest BCUT2D eigenvalue weighted by Gasteiger charge is -1.99. The molecule has 8 nitrogen and oxygen atoms in total. The maximum Gasteiger partial charge on any atom is 0.329 e. The number of phenolic OH excluding ortho intramolecular Hbond substituents is 1. The first-order valence-electron chi connectivity index (χ1n) is 7.44. The number of anilines is 1. The van der Waals surface area contributed by atoms with Crippen molar-refractivity contribution in [1.29, 1.82) is 0 Å². The first-order valence-corrected chi connectivity index (χ1v) is 8.26. The van der Waals surface area contributed by atoms with E-state index in [1.165, 1.54) is 18.3 Å². The van der Waals surface area contributed by atoms with Crippen molar-refractivity contribution in [3.8, 4) is 16.3 Å². The molecule has 26 heavy (non-hydrogen) atoms. The lowest BCUT2D eigenvalue weighted by Crippen LogP contribution is -2.32. The zero-order valence-corrected chi connectivity index (χ0v) is 14.1. The summed E-state index contributed by atoms with van der Waals surface area (Å²) in [4.78, 5) is 23.6. The number of hydrogen-bond acceptors (Lipinski definition) is 7. The first-order chi connectivity index (χ1) is 12.6. The zero-order valence-electron chi connectivity index (χ0n) is 13.3. The van der Waals surface area contributed by atoms with Crippen molar-refractivity contribution >= 4 is 34.5 Å². The number of carbonyl (C=O) groups excluding carboxylic acids is 2. The van der Waals surface area contributed by atoms with Gasteiger partial charge in [0.15, 0.2) is 0 Å². The quantitative estimate of drug-likeness (QED) is 0.370. The summed E-state index contributed by atoms with van der Waals surface area (Å²) in [6, 6.07) is 15.5. The number of nitrogens with one attached hydrogen (secondary N) is 2. The minimum absolute atomic E-state index is 0.123. The third-order valence-electron chi connectivity index (χ3n) is 3.15. The number of carbonyl (C=O) groups is 2. The van der Waals surface area contributed by atoms with Crippen LogP contribution >= 0.6 is 11.3 Å². The molecular formula is C17H13N5O3S. The highest BCUT2D eigenvalue weighted by Crippen LogP contribution is 2.25. The molecule has 0 radical (unpaired) electrons. The molecule has 3 rings (SSSR count). The summed E-state index contributed by atoms with van der Waals surface area (Å²) in [5, 5.41) is 23.9. The second-order valence-electron chi connectivity index (χ2n) is 5.02. The Hall–Kier alpha value is -3.59. The molecule has 130 valence electrons. The maximum atomic E-state index is 11.9. The molecule has 1 aromatic heterocycles. The Balaban J connectivity index is 1.55. The minimum atomic E-state index is -0.934. The molecule has 2 aromatic carbocycles. The lowest BCUT2D eigenvalue weighted by molar-refractivity contribution is -0.136. The van der Waals surface area contributed by atoms with Crippen LogP contribution in [0.25, 0.3) is 10.6 Å². The Morgan fingerprint density at radius 3 is 2.46 bits per heavy atom. The summed E-state index contributed by atoms with van der Waals surface area (Å²) in [6.07, 6.45) is 1.35. The van der Waals surface area contributed by atoms with Crippen LogP contribution in [-0.4, -0.2) is 33.3 Å². The molecule has 1 heterocycles. The van der Waals surface area contributed by atoms with Crippen molar-refractivity contribution in [2.24, 2.45) is 5.10 Å². The van der Waals surface area contributed by atoms with E-state index in [2.05, 4.69) is 26.0 Å². The van der Waals surface area contributed by atoms with Gasteiger partial charge in [-0.05, 0) is 29.8 Å². The van der Waals surface area contributed by atoms with Gasteiger partial charge in [0, 0.05) is 5.56 Å². The highest BCUT2D eigenvalue weighted by atomic mass is 32.1. The number of aromatic nitrogens is 2. The molecule has 0 aliphatic heterocycles. The standard InChI is InChI=1S/C17H13N5O3S/c23-13-8-6-11(7-9-13)10-18-20-15(25)14(24)19-17-22-21-16(26-17)12-4-2-1-3-5-12/h1-10,23H,(H,20,25)(H,19,22,24)/b18-10+. The van der Waals surface area contributed by atoms with Gasteiger partial charge in [0.2, 0.25) is 5.13 Å². The number of benzene rings is 2. The normalized spacial score (nSPS) is 10.6. The Morgan fingerprint density at radius 1 is 1.00 bits per heavy atom. The Bertz CT molecular complexity index is 939. The van der Waals surface area contributed by atoms with Crippen LogP contribution in [0.1, 0.15) is 5.56 Å². The summed E-state index contributed by atoms with van der Waals surface area (Å²) < 4.78 is 0. The number of nitrogens with zero attached hydrogens (tertiary/aromatic N) is 3. The minimum Gasteiger partial charge on any atom is -0.508 e. The third-order valence-corrected chi connectivity index (χ3v) is 4.03. The van der Waals surface area contributed by atoms with Crippen molar-refractivity contribution in [2.45, 2.75) is 0 Å². The molecule has 0 bridgehead atoms. The summed E-state index contributed by atoms with van der Waals surface area (Å²) >= 11 is 1.16. The molecule has 9 heteroatoms. The van der Waals surface area contributed by atoms with Gasteiger partial charge in [-0.15, -0.1) is 10.2 Å². The average Bonchev–Trinajstić information content (AvgIpc) is 3.12. The number of hydrogen-bond donors (Lipinski definition) is 3. The van der Waals surface area contributed by atoms with Crippen molar-refractivity contribution in [1.82, 2.24) is 15.6 Å². The molecule has 0 spiro atoms. The van der Waals surface area contributed by atoms with E-state index < -0.39 is 11.8 Å². The molecule has 0 unspecified atom stereocenters. The number of rotatable bonds is 4. The fraction of sp³-hybridized carbons (Fsp3) is 0. The van der Waals surface area contributed by atoms with Gasteiger partial charge >= 0.3 is 11.8 Å². The second kappa shape index (κ2) is 7.99. The summed E-state index contributed by atoms with van der Waals surface area (Å²) in [5.74, 6) is -1.71. The van der Waals surface area contributed by atoms with E-state index in [-0.39, 0.29) is 10.9 Å². The van der Waals surface area contributed by atoms with Gasteiger partial charge < -0.3 is 5.11 Å². The molecule has 0 atom stereocenters. The van der Waals surface area contributed by atoms with Gasteiger partial charge in [-0.2, -0.15) is 5.10 Å². The van der Waals surface area contributed by atoms with Crippen LogP contribution in [0.2, 0.25) is 0 Å². The van der Waals surface area contributed by atoms with Gasteiger partial charge in [-0.1, -0.05) is 41.7 Å². The Labute approximate surface area is 152 Å². The third kappa shape index (κ3) is 4.48. The molecule has 0 aliphatic carbocycles. The zero-order chi connectivity index (χ0) is 18.4. The molecule has 0 saturated carbocycles. The average molecular weight is 367 g/mol. The maximum absolute atomic E-state index is 11.9. The molecule has 0 fully saturated rings. The summed E-state index contributed by atoms with van der Waals surface area (Å²) in [5.41, 5.74) is 3.64. The van der Waals surface area contributed by atoms with Crippen molar-refractivity contribution in [3.63, 3.8) is 0 Å². The topological polar surface area (TPSA) is 117 Å². The van der Waals surface area contributed by atoms with Crippen LogP contribution < -0.4 is 10.7 Å². The van der Waals surface area contributed by atoms with E-state index in [1.54, 1.807) is 12.1 Å². The van der Waals surface area contributed by atoms with E-state index in [4.69, 9.17) is 0 Å². The van der Waals surface area contributed by atoms with Crippen molar-refractivity contribution in [3.05, 3.63) is 60.2 Å². The van der Waals surface area contributed by atoms with E-state index >= 15 is 0 Å². The van der Waals surface area contributed by atoms with Crippen LogP contribution in [0.3, 0.4) is 0 Å². The fourth-order valence-electron chi connectivity index (χ4n) is 1.90. The van der Waals surface area contributed by atoms with E-state index in [9.17, 15) is 14.7 Å². The molecule has 3 N–H and O–H groups in total. The summed E-state index contributed by atoms with van der Waals surface area (Å²) in [7, 11) is 0. The van der Waals surface area contributed by atoms with E-state index in [1.807, 2.05) is 30.3 Å². The Morgan fingerprint density at radius 2 is 1.73 bits per heavy atom. The second-order valence-corrected chi connectivity index (χ2v) is 6.00. The van der Waals surface area contributed by atoms with Gasteiger partial charge in [0.25, 0.3) is 0 Å². The number of hydrazone groups is 1. The molecule has 2 amide bonds. The van der Waals surface area contributed by atoms with Crippen LogP contribution in [0, 0.1) is 0 Å². The summed E-state index contributed by atoms with van der Waals surface area (Å²) in [6.45, 7) is 0. The number of amides is 2. The van der Waals surface area contributed by atoms with Crippen LogP contribution in [-0.2, 0) is 9.59 Å². The van der Waals surface area contributed by atoms with Crippen LogP contribution in [0.15, 0.2) is 59.7 Å².